The summed E-state index contributed by atoms with van der Waals surface area (Å²) in [6.45, 7) is 19.0. The molecule has 1 saturated heterocycles. The number of ether oxygens (including phenoxy) is 2. The fourth-order valence-electron chi connectivity index (χ4n) is 2.95. The molecule has 2 aliphatic rings. The molecule has 3 atom stereocenters. The summed E-state index contributed by atoms with van der Waals surface area (Å²) in [5.74, 6) is -0.291. The van der Waals surface area contributed by atoms with Crippen molar-refractivity contribution in [2.24, 2.45) is 0 Å². The van der Waals surface area contributed by atoms with Gasteiger partial charge in [-0.3, -0.25) is 0 Å². The van der Waals surface area contributed by atoms with Crippen LogP contribution in [0, 0.1) is 0 Å². The average molecular weight is 355 g/mol. The number of esters is 1. The van der Waals surface area contributed by atoms with Crippen LogP contribution in [0.1, 0.15) is 61.3 Å². The molecular formula is C19H34O4Si. The van der Waals surface area contributed by atoms with E-state index in [1.807, 2.05) is 20.8 Å². The largest absolute Gasteiger partial charge is 0.457 e. The molecule has 1 heterocycles. The molecule has 0 aromatic heterocycles. The van der Waals surface area contributed by atoms with Crippen LogP contribution in [0.2, 0.25) is 18.1 Å². The molecule has 1 aliphatic carbocycles. The van der Waals surface area contributed by atoms with Gasteiger partial charge >= 0.3 is 5.97 Å². The molecule has 24 heavy (non-hydrogen) atoms. The molecule has 0 unspecified atom stereocenters. The second kappa shape index (κ2) is 5.96. The van der Waals surface area contributed by atoms with Crippen molar-refractivity contribution in [2.75, 3.05) is 0 Å². The van der Waals surface area contributed by atoms with Gasteiger partial charge in [-0.25, -0.2) is 4.79 Å². The molecular weight excluding hydrogens is 320 g/mol. The van der Waals surface area contributed by atoms with Gasteiger partial charge in [0.1, 0.15) is 11.2 Å². The van der Waals surface area contributed by atoms with E-state index >= 15 is 0 Å². The van der Waals surface area contributed by atoms with Crippen molar-refractivity contribution in [1.29, 1.82) is 0 Å². The Kier molecular flexibility index (Phi) is 4.88. The summed E-state index contributed by atoms with van der Waals surface area (Å²) in [4.78, 5) is 12.2. The van der Waals surface area contributed by atoms with E-state index in [1.54, 1.807) is 6.08 Å². The maximum absolute atomic E-state index is 12.2. The monoisotopic (exact) mass is 354 g/mol. The zero-order valence-corrected chi connectivity index (χ0v) is 17.8. The Labute approximate surface area is 148 Å². The van der Waals surface area contributed by atoms with Gasteiger partial charge in [-0.1, -0.05) is 20.8 Å². The fraction of sp³-hybridized carbons (Fsp3) is 0.842. The molecule has 0 spiro atoms. The van der Waals surface area contributed by atoms with Gasteiger partial charge in [0, 0.05) is 12.5 Å². The third kappa shape index (κ3) is 4.30. The lowest BCUT2D eigenvalue weighted by atomic mass is 9.83. The van der Waals surface area contributed by atoms with Crippen molar-refractivity contribution in [3.63, 3.8) is 0 Å². The minimum atomic E-state index is -1.83. The van der Waals surface area contributed by atoms with Crippen molar-refractivity contribution in [1.82, 2.24) is 0 Å². The second-order valence-corrected chi connectivity index (χ2v) is 14.6. The van der Waals surface area contributed by atoms with E-state index in [0.717, 1.165) is 18.4 Å². The molecule has 138 valence electrons. The van der Waals surface area contributed by atoms with Gasteiger partial charge in [0.2, 0.25) is 0 Å². The molecule has 1 saturated carbocycles. The van der Waals surface area contributed by atoms with E-state index in [9.17, 15) is 4.79 Å². The van der Waals surface area contributed by atoms with Crippen molar-refractivity contribution in [3.05, 3.63) is 11.6 Å². The van der Waals surface area contributed by atoms with Crippen molar-refractivity contribution >= 4 is 14.3 Å². The third-order valence-corrected chi connectivity index (χ3v) is 10.0. The van der Waals surface area contributed by atoms with Crippen LogP contribution >= 0.6 is 0 Å². The number of hydrogen-bond donors (Lipinski definition) is 0. The van der Waals surface area contributed by atoms with Gasteiger partial charge in [-0.05, 0) is 57.8 Å². The zero-order valence-electron chi connectivity index (χ0n) is 16.8. The molecule has 0 bridgehead atoms. The van der Waals surface area contributed by atoms with Gasteiger partial charge in [-0.2, -0.15) is 0 Å². The first kappa shape index (κ1) is 19.7. The first-order valence-corrected chi connectivity index (χ1v) is 11.8. The average Bonchev–Trinajstić information content (AvgIpc) is 2.96. The highest BCUT2D eigenvalue weighted by molar-refractivity contribution is 6.74. The molecule has 4 nitrogen and oxygen atoms in total. The predicted molar refractivity (Wildman–Crippen MR) is 98.5 cm³/mol. The summed E-state index contributed by atoms with van der Waals surface area (Å²) < 4.78 is 17.9. The Bertz CT molecular complexity index is 539. The molecule has 0 aromatic carbocycles. The normalized spacial score (nSPS) is 32.5. The van der Waals surface area contributed by atoms with E-state index in [0.29, 0.717) is 0 Å². The molecule has 1 aliphatic heterocycles. The van der Waals surface area contributed by atoms with Crippen LogP contribution < -0.4 is 0 Å². The minimum Gasteiger partial charge on any atom is -0.457 e. The molecule has 0 aromatic rings. The number of rotatable bonds is 3. The van der Waals surface area contributed by atoms with Crippen molar-refractivity contribution in [2.45, 2.75) is 103 Å². The minimum absolute atomic E-state index is 0.125. The lowest BCUT2D eigenvalue weighted by Crippen LogP contribution is -2.45. The first-order valence-electron chi connectivity index (χ1n) is 8.94. The highest BCUT2D eigenvalue weighted by Gasteiger charge is 2.59. The molecule has 2 rings (SSSR count). The number of fused-ring (bicyclic) bond motifs is 1. The van der Waals surface area contributed by atoms with Crippen LogP contribution in [0.3, 0.4) is 0 Å². The van der Waals surface area contributed by atoms with Crippen molar-refractivity contribution < 1.29 is 18.7 Å². The Hall–Kier alpha value is -0.653. The number of carbonyl (C=O) groups is 1. The molecule has 0 N–H and O–H groups in total. The van der Waals surface area contributed by atoms with Crippen LogP contribution in [-0.2, 0) is 18.7 Å². The van der Waals surface area contributed by atoms with E-state index in [4.69, 9.17) is 13.9 Å². The van der Waals surface area contributed by atoms with Crippen LogP contribution in [0.25, 0.3) is 0 Å². The predicted octanol–water partition coefficient (Wildman–Crippen LogP) is 4.60. The lowest BCUT2D eigenvalue weighted by molar-refractivity contribution is -0.148. The molecule has 0 radical (unpaired) electrons. The Balaban J connectivity index is 2.11. The molecule has 0 amide bonds. The third-order valence-electron chi connectivity index (χ3n) is 5.47. The number of carbonyl (C=O) groups excluding carboxylic acids is 1. The van der Waals surface area contributed by atoms with Crippen LogP contribution in [-0.4, -0.2) is 37.7 Å². The van der Waals surface area contributed by atoms with E-state index in [2.05, 4.69) is 40.8 Å². The Morgan fingerprint density at radius 3 is 2.33 bits per heavy atom. The number of epoxide rings is 1. The fourth-order valence-corrected chi connectivity index (χ4v) is 4.31. The second-order valence-electron chi connectivity index (χ2n) is 9.86. The number of hydrogen-bond acceptors (Lipinski definition) is 4. The van der Waals surface area contributed by atoms with Crippen molar-refractivity contribution in [3.8, 4) is 0 Å². The smallest absolute Gasteiger partial charge is 0.331 e. The van der Waals surface area contributed by atoms with Gasteiger partial charge < -0.3 is 13.9 Å². The van der Waals surface area contributed by atoms with E-state index < -0.39 is 13.9 Å². The van der Waals surface area contributed by atoms with Gasteiger partial charge in [0.25, 0.3) is 0 Å². The van der Waals surface area contributed by atoms with Gasteiger partial charge in [0.05, 0.1) is 12.2 Å². The summed E-state index contributed by atoms with van der Waals surface area (Å²) in [6.07, 6.45) is 3.58. The van der Waals surface area contributed by atoms with Gasteiger partial charge in [-0.15, -0.1) is 0 Å². The van der Waals surface area contributed by atoms with Crippen LogP contribution in [0.4, 0.5) is 0 Å². The summed E-state index contributed by atoms with van der Waals surface area (Å²) >= 11 is 0. The zero-order chi connectivity index (χ0) is 18.6. The maximum Gasteiger partial charge on any atom is 0.331 e. The maximum atomic E-state index is 12.2. The summed E-state index contributed by atoms with van der Waals surface area (Å²) in [6, 6.07) is 0. The SMILES string of the molecule is CC(C)(C)OC(=O)/C=C1\C[C@@H](O[Si](C)(C)C(C)(C)C)C[C@@H]2O[C@]12C. The molecule has 2 fully saturated rings. The molecule has 5 heteroatoms. The highest BCUT2D eigenvalue weighted by atomic mass is 28.4. The van der Waals surface area contributed by atoms with Crippen LogP contribution in [0.5, 0.6) is 0 Å². The van der Waals surface area contributed by atoms with E-state index in [1.165, 1.54) is 0 Å². The summed E-state index contributed by atoms with van der Waals surface area (Å²) in [5, 5.41) is 0.174. The summed E-state index contributed by atoms with van der Waals surface area (Å²) in [7, 11) is -1.83. The highest BCUT2D eigenvalue weighted by Crippen LogP contribution is 2.52. The Morgan fingerprint density at radius 1 is 1.25 bits per heavy atom. The van der Waals surface area contributed by atoms with Gasteiger partial charge in [0.15, 0.2) is 8.32 Å². The quantitative estimate of drug-likeness (QED) is 0.322. The topological polar surface area (TPSA) is 48.1 Å². The standard InChI is InChI=1S/C19H34O4Si/c1-17(2,3)22-16(20)11-13-10-14(12-15-19(13,7)21-15)23-24(8,9)18(4,5)6/h11,14-15H,10,12H2,1-9H3/b13-11+/t14-,15+,19-/m1/s1. The Morgan fingerprint density at radius 2 is 1.83 bits per heavy atom. The first-order chi connectivity index (χ1) is 10.6. The van der Waals surface area contributed by atoms with Crippen LogP contribution in [0.15, 0.2) is 11.6 Å². The summed E-state index contributed by atoms with van der Waals surface area (Å²) in [5.41, 5.74) is 0.228. The van der Waals surface area contributed by atoms with E-state index in [-0.39, 0.29) is 28.8 Å². The lowest BCUT2D eigenvalue weighted by Gasteiger charge is -2.40.